The number of para-hydroxylation sites is 3. The maximum absolute atomic E-state index is 11.4. The van der Waals surface area contributed by atoms with Crippen LogP contribution >= 0.6 is 0 Å². The summed E-state index contributed by atoms with van der Waals surface area (Å²) in [6.45, 7) is 3.87. The number of nitrogens with one attached hydrogen (secondary N) is 1. The highest BCUT2D eigenvalue weighted by Crippen LogP contribution is 2.17. The standard InChI is InChI=1S/C21H25N3O2/c1-2-21(25)22-14-8-13-20-23-18-11-6-7-12-19(18)24(20)15-16-26-17-9-4-3-5-10-17/h3-7,9-12H,2,8,13-16H2,1H3,(H,22,25). The molecular formula is C21H25N3O2. The van der Waals surface area contributed by atoms with Gasteiger partial charge in [-0.15, -0.1) is 0 Å². The Morgan fingerprint density at radius 1 is 1.12 bits per heavy atom. The number of fused-ring (bicyclic) bond motifs is 1. The Hall–Kier alpha value is -2.82. The topological polar surface area (TPSA) is 56.2 Å². The Bertz CT molecular complexity index is 843. The molecule has 0 atom stereocenters. The van der Waals surface area contributed by atoms with Crippen LogP contribution in [0.2, 0.25) is 0 Å². The van der Waals surface area contributed by atoms with Crippen molar-refractivity contribution >= 4 is 16.9 Å². The average Bonchev–Trinajstić information content (AvgIpc) is 3.03. The highest BCUT2D eigenvalue weighted by Gasteiger charge is 2.10. The summed E-state index contributed by atoms with van der Waals surface area (Å²) in [5.74, 6) is 2.00. The zero-order chi connectivity index (χ0) is 18.2. The first-order chi connectivity index (χ1) is 12.8. The Morgan fingerprint density at radius 3 is 2.69 bits per heavy atom. The van der Waals surface area contributed by atoms with Gasteiger partial charge in [0.1, 0.15) is 18.2 Å². The molecule has 3 rings (SSSR count). The summed E-state index contributed by atoms with van der Waals surface area (Å²) in [5.41, 5.74) is 2.12. The van der Waals surface area contributed by atoms with E-state index in [0.717, 1.165) is 42.0 Å². The number of aryl methyl sites for hydroxylation is 1. The third kappa shape index (κ3) is 4.63. The van der Waals surface area contributed by atoms with Crippen molar-refractivity contribution in [1.82, 2.24) is 14.9 Å². The highest BCUT2D eigenvalue weighted by molar-refractivity contribution is 5.76. The normalized spacial score (nSPS) is 10.8. The molecule has 0 unspecified atom stereocenters. The Labute approximate surface area is 154 Å². The van der Waals surface area contributed by atoms with Gasteiger partial charge in [-0.05, 0) is 30.7 Å². The van der Waals surface area contributed by atoms with Crippen LogP contribution in [-0.4, -0.2) is 28.6 Å². The molecule has 136 valence electrons. The quantitative estimate of drug-likeness (QED) is 0.600. The van der Waals surface area contributed by atoms with Crippen molar-refractivity contribution in [3.8, 4) is 5.75 Å². The molecule has 0 aliphatic carbocycles. The first-order valence-corrected chi connectivity index (χ1v) is 9.16. The molecule has 0 radical (unpaired) electrons. The SMILES string of the molecule is CCC(=O)NCCCc1nc2ccccc2n1CCOc1ccccc1. The third-order valence-corrected chi connectivity index (χ3v) is 4.28. The summed E-state index contributed by atoms with van der Waals surface area (Å²) in [5, 5.41) is 2.92. The van der Waals surface area contributed by atoms with Gasteiger partial charge in [-0.25, -0.2) is 4.98 Å². The molecule has 5 heteroatoms. The number of imidazole rings is 1. The minimum Gasteiger partial charge on any atom is -0.492 e. The predicted octanol–water partition coefficient (Wildman–Crippen LogP) is 3.57. The number of carbonyl (C=O) groups excluding carboxylic acids is 1. The maximum atomic E-state index is 11.4. The van der Waals surface area contributed by atoms with Gasteiger partial charge in [-0.2, -0.15) is 0 Å². The van der Waals surface area contributed by atoms with Gasteiger partial charge in [-0.3, -0.25) is 4.79 Å². The molecule has 1 amide bonds. The number of nitrogens with zero attached hydrogens (tertiary/aromatic N) is 2. The summed E-state index contributed by atoms with van der Waals surface area (Å²) in [7, 11) is 0. The van der Waals surface area contributed by atoms with Gasteiger partial charge in [0, 0.05) is 19.4 Å². The lowest BCUT2D eigenvalue weighted by atomic mass is 10.3. The zero-order valence-corrected chi connectivity index (χ0v) is 15.1. The number of hydrogen-bond donors (Lipinski definition) is 1. The molecular weight excluding hydrogens is 326 g/mol. The number of carbonyl (C=O) groups is 1. The summed E-state index contributed by atoms with van der Waals surface area (Å²) in [6, 6.07) is 18.0. The van der Waals surface area contributed by atoms with Crippen molar-refractivity contribution in [2.24, 2.45) is 0 Å². The minimum absolute atomic E-state index is 0.0924. The fraction of sp³-hybridized carbons (Fsp3) is 0.333. The van der Waals surface area contributed by atoms with Crippen LogP contribution in [0.25, 0.3) is 11.0 Å². The maximum Gasteiger partial charge on any atom is 0.219 e. The first-order valence-electron chi connectivity index (χ1n) is 9.16. The van der Waals surface area contributed by atoms with E-state index in [9.17, 15) is 4.79 Å². The van der Waals surface area contributed by atoms with Gasteiger partial charge in [0.2, 0.25) is 5.91 Å². The lowest BCUT2D eigenvalue weighted by Crippen LogP contribution is -2.23. The van der Waals surface area contributed by atoms with Crippen molar-refractivity contribution in [2.45, 2.75) is 32.7 Å². The summed E-state index contributed by atoms with van der Waals surface area (Å²) >= 11 is 0. The second kappa shape index (κ2) is 9.04. The van der Waals surface area contributed by atoms with Gasteiger partial charge in [0.25, 0.3) is 0 Å². The predicted molar refractivity (Wildman–Crippen MR) is 103 cm³/mol. The van der Waals surface area contributed by atoms with E-state index in [-0.39, 0.29) is 5.91 Å². The molecule has 0 saturated carbocycles. The molecule has 0 bridgehead atoms. The first kappa shape index (κ1) is 18.0. The van der Waals surface area contributed by atoms with E-state index >= 15 is 0 Å². The second-order valence-corrected chi connectivity index (χ2v) is 6.14. The van der Waals surface area contributed by atoms with Gasteiger partial charge < -0.3 is 14.6 Å². The molecule has 3 aromatic rings. The Balaban J connectivity index is 1.65. The Morgan fingerprint density at radius 2 is 1.88 bits per heavy atom. The van der Waals surface area contributed by atoms with Crippen LogP contribution in [0.3, 0.4) is 0 Å². The molecule has 0 fully saturated rings. The Kier molecular flexibility index (Phi) is 6.25. The molecule has 0 saturated heterocycles. The van der Waals surface area contributed by atoms with Gasteiger partial charge in [-0.1, -0.05) is 37.3 Å². The van der Waals surface area contributed by atoms with Crippen molar-refractivity contribution < 1.29 is 9.53 Å². The van der Waals surface area contributed by atoms with Crippen molar-refractivity contribution in [2.75, 3.05) is 13.2 Å². The van der Waals surface area contributed by atoms with Crippen molar-refractivity contribution in [3.05, 3.63) is 60.4 Å². The number of rotatable bonds is 9. The van der Waals surface area contributed by atoms with Crippen LogP contribution in [0, 0.1) is 0 Å². The number of benzene rings is 2. The minimum atomic E-state index is 0.0924. The molecule has 1 aromatic heterocycles. The smallest absolute Gasteiger partial charge is 0.219 e. The van der Waals surface area contributed by atoms with E-state index in [1.54, 1.807) is 0 Å². The van der Waals surface area contributed by atoms with Gasteiger partial charge in [0.05, 0.1) is 17.6 Å². The van der Waals surface area contributed by atoms with Crippen LogP contribution in [0.4, 0.5) is 0 Å². The van der Waals surface area contributed by atoms with Crippen LogP contribution in [-0.2, 0) is 17.8 Å². The summed E-state index contributed by atoms with van der Waals surface area (Å²) in [6.07, 6.45) is 2.22. The van der Waals surface area contributed by atoms with Crippen molar-refractivity contribution in [1.29, 1.82) is 0 Å². The van der Waals surface area contributed by atoms with Crippen LogP contribution < -0.4 is 10.1 Å². The number of amides is 1. The van der Waals surface area contributed by atoms with Crippen LogP contribution in [0.5, 0.6) is 5.75 Å². The zero-order valence-electron chi connectivity index (χ0n) is 15.1. The molecule has 1 N–H and O–H groups in total. The summed E-state index contributed by atoms with van der Waals surface area (Å²) in [4.78, 5) is 16.1. The summed E-state index contributed by atoms with van der Waals surface area (Å²) < 4.78 is 8.07. The largest absolute Gasteiger partial charge is 0.492 e. The highest BCUT2D eigenvalue weighted by atomic mass is 16.5. The molecule has 0 aliphatic heterocycles. The van der Waals surface area contributed by atoms with E-state index in [4.69, 9.17) is 9.72 Å². The monoisotopic (exact) mass is 351 g/mol. The van der Waals surface area contributed by atoms with E-state index in [0.29, 0.717) is 19.6 Å². The third-order valence-electron chi connectivity index (χ3n) is 4.28. The molecule has 26 heavy (non-hydrogen) atoms. The molecule has 0 spiro atoms. The van der Waals surface area contributed by atoms with Crippen LogP contribution in [0.15, 0.2) is 54.6 Å². The fourth-order valence-electron chi connectivity index (χ4n) is 2.94. The number of ether oxygens (including phenoxy) is 1. The number of hydrogen-bond acceptors (Lipinski definition) is 3. The fourth-order valence-corrected chi connectivity index (χ4v) is 2.94. The molecule has 1 heterocycles. The average molecular weight is 351 g/mol. The van der Waals surface area contributed by atoms with E-state index < -0.39 is 0 Å². The van der Waals surface area contributed by atoms with Gasteiger partial charge >= 0.3 is 0 Å². The lowest BCUT2D eigenvalue weighted by Gasteiger charge is -2.11. The van der Waals surface area contributed by atoms with Crippen molar-refractivity contribution in [3.63, 3.8) is 0 Å². The van der Waals surface area contributed by atoms with E-state index in [2.05, 4.69) is 16.0 Å². The van der Waals surface area contributed by atoms with E-state index in [1.165, 1.54) is 0 Å². The molecule has 5 nitrogen and oxygen atoms in total. The van der Waals surface area contributed by atoms with E-state index in [1.807, 2.05) is 55.5 Å². The molecule has 2 aromatic carbocycles. The number of aromatic nitrogens is 2. The lowest BCUT2D eigenvalue weighted by molar-refractivity contribution is -0.120. The van der Waals surface area contributed by atoms with Crippen LogP contribution in [0.1, 0.15) is 25.6 Å². The van der Waals surface area contributed by atoms with Gasteiger partial charge in [0.15, 0.2) is 0 Å². The molecule has 0 aliphatic rings. The second-order valence-electron chi connectivity index (χ2n) is 6.14.